The molecule has 0 amide bonds. The van der Waals surface area contributed by atoms with E-state index in [-0.39, 0.29) is 0 Å². The van der Waals surface area contributed by atoms with Gasteiger partial charge < -0.3 is 0 Å². The molecule has 56 valence electrons. The highest BCUT2D eigenvalue weighted by atomic mass is 15.3. The Hall–Kier alpha value is -0.300. The summed E-state index contributed by atoms with van der Waals surface area (Å²) >= 11 is 0. The number of hydrogen-bond acceptors (Lipinski definition) is 1. The first-order valence-corrected chi connectivity index (χ1v) is 4.09. The number of fused-ring (bicyclic) bond motifs is 1. The monoisotopic (exact) mass is 137 g/mol. The van der Waals surface area contributed by atoms with E-state index in [0.717, 1.165) is 18.0 Å². The SMILES string of the molecule is CC1=CC2C(C(C)C1)N2C. The molecular weight excluding hydrogens is 122 g/mol. The molecule has 0 bridgehead atoms. The van der Waals surface area contributed by atoms with Crippen molar-refractivity contribution in [1.82, 2.24) is 4.90 Å². The molecule has 0 spiro atoms. The zero-order chi connectivity index (χ0) is 7.30. The lowest BCUT2D eigenvalue weighted by molar-refractivity contribution is 0.474. The maximum absolute atomic E-state index is 2.46. The van der Waals surface area contributed by atoms with E-state index in [1.54, 1.807) is 5.57 Å². The first-order chi connectivity index (χ1) is 4.70. The standard InChI is InChI=1S/C9H15N/c1-6-4-7(2)9-8(5-6)10(9)3/h5,7-9H,4H2,1-3H3. The third-order valence-electron chi connectivity index (χ3n) is 2.88. The fourth-order valence-corrected chi connectivity index (χ4v) is 2.33. The van der Waals surface area contributed by atoms with Crippen LogP contribution in [0.4, 0.5) is 0 Å². The predicted molar refractivity (Wildman–Crippen MR) is 42.9 cm³/mol. The molecule has 2 rings (SSSR count). The Morgan fingerprint density at radius 1 is 1.60 bits per heavy atom. The molecule has 1 aliphatic heterocycles. The maximum Gasteiger partial charge on any atom is 0.0440 e. The van der Waals surface area contributed by atoms with Crippen molar-refractivity contribution in [2.45, 2.75) is 32.4 Å². The van der Waals surface area contributed by atoms with Gasteiger partial charge in [-0.1, -0.05) is 18.6 Å². The lowest BCUT2D eigenvalue weighted by Gasteiger charge is -2.13. The van der Waals surface area contributed by atoms with E-state index in [4.69, 9.17) is 0 Å². The summed E-state index contributed by atoms with van der Waals surface area (Å²) in [4.78, 5) is 2.46. The van der Waals surface area contributed by atoms with Crippen LogP contribution in [-0.4, -0.2) is 24.0 Å². The molecule has 2 aliphatic rings. The molecule has 4 atom stereocenters. The molecule has 1 heteroatoms. The van der Waals surface area contributed by atoms with Crippen LogP contribution in [0.2, 0.25) is 0 Å². The quantitative estimate of drug-likeness (QED) is 0.362. The lowest BCUT2D eigenvalue weighted by Crippen LogP contribution is -2.11. The van der Waals surface area contributed by atoms with Crippen LogP contribution in [0.5, 0.6) is 0 Å². The molecule has 1 nitrogen and oxygen atoms in total. The van der Waals surface area contributed by atoms with Gasteiger partial charge in [-0.15, -0.1) is 0 Å². The van der Waals surface area contributed by atoms with Crippen molar-refractivity contribution < 1.29 is 0 Å². The molecule has 1 saturated heterocycles. The van der Waals surface area contributed by atoms with E-state index in [0.29, 0.717) is 0 Å². The van der Waals surface area contributed by atoms with Crippen LogP contribution < -0.4 is 0 Å². The largest absolute Gasteiger partial charge is 0.293 e. The second-order valence-electron chi connectivity index (χ2n) is 3.84. The molecule has 0 N–H and O–H groups in total. The fraction of sp³-hybridized carbons (Fsp3) is 0.778. The van der Waals surface area contributed by atoms with Gasteiger partial charge in [0, 0.05) is 12.1 Å². The minimum atomic E-state index is 0.795. The van der Waals surface area contributed by atoms with Crippen molar-refractivity contribution in [3.8, 4) is 0 Å². The van der Waals surface area contributed by atoms with E-state index < -0.39 is 0 Å². The van der Waals surface area contributed by atoms with Crippen LogP contribution in [0.25, 0.3) is 0 Å². The average molecular weight is 137 g/mol. The molecule has 4 unspecified atom stereocenters. The predicted octanol–water partition coefficient (Wildman–Crippen LogP) is 1.66. The summed E-state index contributed by atoms with van der Waals surface area (Å²) in [6.07, 6.45) is 3.73. The molecule has 0 aromatic rings. The van der Waals surface area contributed by atoms with Crippen LogP contribution in [0.15, 0.2) is 11.6 Å². The molecule has 0 aromatic heterocycles. The van der Waals surface area contributed by atoms with Crippen LogP contribution in [-0.2, 0) is 0 Å². The van der Waals surface area contributed by atoms with E-state index in [2.05, 4.69) is 31.9 Å². The van der Waals surface area contributed by atoms with E-state index >= 15 is 0 Å². The summed E-state index contributed by atoms with van der Waals surface area (Å²) in [5.74, 6) is 0.889. The minimum Gasteiger partial charge on any atom is -0.293 e. The average Bonchev–Trinajstić information content (AvgIpc) is 2.42. The van der Waals surface area contributed by atoms with E-state index in [9.17, 15) is 0 Å². The van der Waals surface area contributed by atoms with Gasteiger partial charge in [0.15, 0.2) is 0 Å². The molecule has 1 aliphatic carbocycles. The summed E-state index contributed by atoms with van der Waals surface area (Å²) in [5, 5.41) is 0. The summed E-state index contributed by atoms with van der Waals surface area (Å²) in [5.41, 5.74) is 1.58. The van der Waals surface area contributed by atoms with Gasteiger partial charge in [-0.3, -0.25) is 4.90 Å². The Balaban J connectivity index is 2.18. The zero-order valence-electron chi connectivity index (χ0n) is 6.96. The van der Waals surface area contributed by atoms with Gasteiger partial charge in [0.05, 0.1) is 0 Å². The summed E-state index contributed by atoms with van der Waals surface area (Å²) < 4.78 is 0. The van der Waals surface area contributed by atoms with Crippen molar-refractivity contribution in [3.63, 3.8) is 0 Å². The smallest absolute Gasteiger partial charge is 0.0440 e. The number of rotatable bonds is 0. The highest BCUT2D eigenvalue weighted by molar-refractivity contribution is 5.23. The summed E-state index contributed by atoms with van der Waals surface area (Å²) in [6.45, 7) is 4.61. The zero-order valence-corrected chi connectivity index (χ0v) is 6.96. The van der Waals surface area contributed by atoms with Gasteiger partial charge in [0.1, 0.15) is 0 Å². The van der Waals surface area contributed by atoms with E-state index in [1.165, 1.54) is 6.42 Å². The molecule has 0 aromatic carbocycles. The van der Waals surface area contributed by atoms with Crippen molar-refractivity contribution in [2.75, 3.05) is 7.05 Å². The van der Waals surface area contributed by atoms with Crippen LogP contribution in [0.3, 0.4) is 0 Å². The molecule has 0 radical (unpaired) electrons. The van der Waals surface area contributed by atoms with Crippen molar-refractivity contribution in [3.05, 3.63) is 11.6 Å². The summed E-state index contributed by atoms with van der Waals surface area (Å²) in [6, 6.07) is 1.67. The fourth-order valence-electron chi connectivity index (χ4n) is 2.33. The third-order valence-corrected chi connectivity index (χ3v) is 2.88. The Morgan fingerprint density at radius 3 is 2.90 bits per heavy atom. The second kappa shape index (κ2) is 1.85. The normalized spacial score (nSPS) is 51.7. The van der Waals surface area contributed by atoms with Crippen LogP contribution in [0.1, 0.15) is 20.3 Å². The molecule has 1 fully saturated rings. The molecular formula is C9H15N. The van der Waals surface area contributed by atoms with Gasteiger partial charge in [-0.2, -0.15) is 0 Å². The Labute approximate surface area is 62.7 Å². The number of nitrogens with zero attached hydrogens (tertiary/aromatic N) is 1. The van der Waals surface area contributed by atoms with Crippen molar-refractivity contribution >= 4 is 0 Å². The summed E-state index contributed by atoms with van der Waals surface area (Å²) in [7, 11) is 2.22. The van der Waals surface area contributed by atoms with Crippen molar-refractivity contribution in [1.29, 1.82) is 0 Å². The number of likely N-dealkylation sites (N-methyl/N-ethyl adjacent to an activating group) is 1. The first-order valence-electron chi connectivity index (χ1n) is 4.09. The molecule has 0 saturated carbocycles. The van der Waals surface area contributed by atoms with Gasteiger partial charge >= 0.3 is 0 Å². The lowest BCUT2D eigenvalue weighted by atomic mass is 9.91. The first kappa shape index (κ1) is 6.41. The van der Waals surface area contributed by atoms with Gasteiger partial charge in [0.2, 0.25) is 0 Å². The third kappa shape index (κ3) is 0.734. The Bertz CT molecular complexity index is 183. The number of hydrogen-bond donors (Lipinski definition) is 0. The van der Waals surface area contributed by atoms with Crippen LogP contribution >= 0.6 is 0 Å². The van der Waals surface area contributed by atoms with Gasteiger partial charge in [0.25, 0.3) is 0 Å². The van der Waals surface area contributed by atoms with Gasteiger partial charge in [-0.05, 0) is 26.3 Å². The Morgan fingerprint density at radius 2 is 2.30 bits per heavy atom. The highest BCUT2D eigenvalue weighted by Crippen LogP contribution is 2.40. The molecule has 1 heterocycles. The maximum atomic E-state index is 2.46. The van der Waals surface area contributed by atoms with E-state index in [1.807, 2.05) is 0 Å². The van der Waals surface area contributed by atoms with Crippen LogP contribution in [0, 0.1) is 5.92 Å². The number of allylic oxidation sites excluding steroid dienone is 1. The minimum absolute atomic E-state index is 0.795. The molecule has 10 heavy (non-hydrogen) atoms. The van der Waals surface area contributed by atoms with Gasteiger partial charge in [-0.25, -0.2) is 0 Å². The van der Waals surface area contributed by atoms with Crippen molar-refractivity contribution in [2.24, 2.45) is 5.92 Å². The Kier molecular flexibility index (Phi) is 1.19. The highest BCUT2D eigenvalue weighted by Gasteiger charge is 2.47. The topological polar surface area (TPSA) is 3.01 Å². The second-order valence-corrected chi connectivity index (χ2v) is 3.84.